The molecule has 2 aliphatic carbocycles. The molecular formula is C47H60N10O6S2. The summed E-state index contributed by atoms with van der Waals surface area (Å²) in [5, 5.41) is 40.7. The second-order valence-electron chi connectivity index (χ2n) is 15.5. The van der Waals surface area contributed by atoms with Gasteiger partial charge in [-0.25, -0.2) is 9.97 Å². The molecule has 2 aliphatic rings. The van der Waals surface area contributed by atoms with E-state index in [1.54, 1.807) is 42.2 Å². The molecule has 2 saturated carbocycles. The van der Waals surface area contributed by atoms with Crippen LogP contribution in [0.5, 0.6) is 0 Å². The van der Waals surface area contributed by atoms with Gasteiger partial charge in [-0.05, 0) is 73.9 Å². The van der Waals surface area contributed by atoms with E-state index in [1.165, 1.54) is 28.9 Å². The molecule has 6 aromatic rings. The fourth-order valence-corrected chi connectivity index (χ4v) is 8.49. The number of aromatic nitrogens is 4. The van der Waals surface area contributed by atoms with Gasteiger partial charge in [0.15, 0.2) is 0 Å². The van der Waals surface area contributed by atoms with Crippen molar-refractivity contribution in [1.82, 2.24) is 41.2 Å². The lowest BCUT2D eigenvalue weighted by atomic mass is 10.0. The Morgan fingerprint density at radius 3 is 1.57 bits per heavy atom. The molecule has 0 unspecified atom stereocenters. The summed E-state index contributed by atoms with van der Waals surface area (Å²) in [5.74, 6) is -0.812. The number of aliphatic hydroxyl groups excluding tert-OH is 2. The number of unbranched alkanes of at least 4 members (excludes halogenated alkanes) is 2. The third-order valence-corrected chi connectivity index (χ3v) is 12.5. The van der Waals surface area contributed by atoms with E-state index >= 15 is 0 Å². The highest BCUT2D eigenvalue weighted by Gasteiger charge is 2.27. The van der Waals surface area contributed by atoms with Gasteiger partial charge in [0, 0.05) is 77.3 Å². The molecule has 9 N–H and O–H groups in total. The van der Waals surface area contributed by atoms with Crippen molar-refractivity contribution in [2.45, 2.75) is 105 Å². The SMILES string of the molecule is C.C.CCCCNC(=O)c1csc(-c2cc3c(N)c(C(=O)NC4CC4)cnc3cc2CO)n1.CCCCNC(=O)c1csc(-c2cc3c(NC)c(C(=O)NC4CC4)cnc3cc2CO)n1. The van der Waals surface area contributed by atoms with Gasteiger partial charge in [0.1, 0.15) is 21.4 Å². The highest BCUT2D eigenvalue weighted by atomic mass is 32.1. The molecule has 0 spiro atoms. The number of fused-ring (bicyclic) bond motifs is 2. The predicted molar refractivity (Wildman–Crippen MR) is 260 cm³/mol. The first-order valence-corrected chi connectivity index (χ1v) is 23.0. The number of nitrogen functional groups attached to an aromatic ring is 1. The maximum atomic E-state index is 12.7. The summed E-state index contributed by atoms with van der Waals surface area (Å²) in [6.07, 6.45) is 10.8. The highest BCUT2D eigenvalue weighted by Crippen LogP contribution is 2.36. The molecule has 0 saturated heterocycles. The van der Waals surface area contributed by atoms with E-state index in [0.717, 1.165) is 62.3 Å². The fourth-order valence-electron chi connectivity index (χ4n) is 6.79. The number of hydrogen-bond acceptors (Lipinski definition) is 14. The standard InChI is InChI=1S/C23H27N5O3S.C22H25N5O3S.2CH4/c1-3-4-7-25-22(31)19-12-32-23(28-19)15-9-16-18(8-13(15)11-29)26-10-17(20(16)24-2)21(30)27-14-5-6-14;1-2-3-6-24-21(30)18-11-31-22(27-18)14-8-15-17(7-12(14)10-28)25-9-16(19(15)23)20(29)26-13-4-5-13;;/h8-10,12,14,29H,3-7,11H2,1-2H3,(H,24,26)(H,25,31)(H,27,30);7-9,11,13,28H,2-6,10H2,1H3,(H2,23,25)(H,24,30)(H,26,29);2*1H4. The number of benzene rings is 2. The molecule has 2 fully saturated rings. The molecule has 65 heavy (non-hydrogen) atoms. The Morgan fingerprint density at radius 2 is 1.12 bits per heavy atom. The number of nitrogens with zero attached hydrogens (tertiary/aromatic N) is 4. The molecular weight excluding hydrogens is 865 g/mol. The van der Waals surface area contributed by atoms with E-state index in [0.29, 0.717) is 90.1 Å². The highest BCUT2D eigenvalue weighted by molar-refractivity contribution is 7.13. The monoisotopic (exact) mass is 924 g/mol. The van der Waals surface area contributed by atoms with Crippen LogP contribution in [0.25, 0.3) is 42.9 Å². The number of thiazole rings is 2. The Labute approximate surface area is 387 Å². The summed E-state index contributed by atoms with van der Waals surface area (Å²) in [6, 6.07) is 7.67. The molecule has 0 radical (unpaired) electrons. The van der Waals surface area contributed by atoms with Crippen molar-refractivity contribution >= 4 is 79.5 Å². The summed E-state index contributed by atoms with van der Waals surface area (Å²) in [5.41, 5.74) is 12.8. The Balaban J connectivity index is 0.000000237. The smallest absolute Gasteiger partial charge is 0.270 e. The molecule has 4 heterocycles. The molecule has 4 aromatic heterocycles. The topological polar surface area (TPSA) is 246 Å². The fraction of sp³-hybridized carbons (Fsp3) is 0.404. The number of aliphatic hydroxyl groups is 2. The van der Waals surface area contributed by atoms with Crippen LogP contribution in [0.3, 0.4) is 0 Å². The largest absolute Gasteiger partial charge is 0.397 e. The second-order valence-corrected chi connectivity index (χ2v) is 17.3. The number of rotatable bonds is 17. The van der Waals surface area contributed by atoms with Gasteiger partial charge in [0.05, 0.1) is 46.7 Å². The average Bonchev–Trinajstić information content (AvgIpc) is 4.19. The predicted octanol–water partition coefficient (Wildman–Crippen LogP) is 7.44. The van der Waals surface area contributed by atoms with Crippen molar-refractivity contribution in [3.8, 4) is 21.1 Å². The lowest BCUT2D eigenvalue weighted by Crippen LogP contribution is -2.26. The number of nitrogens with one attached hydrogen (secondary N) is 5. The summed E-state index contributed by atoms with van der Waals surface area (Å²) in [6.45, 7) is 4.94. The van der Waals surface area contributed by atoms with Crippen LogP contribution in [0.1, 0.15) is 133 Å². The number of amides is 4. The number of pyridine rings is 2. The van der Waals surface area contributed by atoms with Crippen LogP contribution in [0.2, 0.25) is 0 Å². The lowest BCUT2D eigenvalue weighted by Gasteiger charge is -2.14. The van der Waals surface area contributed by atoms with Crippen molar-refractivity contribution in [2.24, 2.45) is 0 Å². The third kappa shape index (κ3) is 11.8. The zero-order valence-electron chi connectivity index (χ0n) is 35.5. The summed E-state index contributed by atoms with van der Waals surface area (Å²) in [4.78, 5) is 67.7. The minimum absolute atomic E-state index is 0. The number of carbonyl (C=O) groups is 4. The van der Waals surface area contributed by atoms with E-state index in [9.17, 15) is 29.4 Å². The summed E-state index contributed by atoms with van der Waals surface area (Å²) < 4.78 is 0. The first-order valence-electron chi connectivity index (χ1n) is 21.2. The van der Waals surface area contributed by atoms with Crippen LogP contribution in [0.4, 0.5) is 11.4 Å². The minimum Gasteiger partial charge on any atom is -0.397 e. The zero-order valence-corrected chi connectivity index (χ0v) is 37.1. The molecule has 4 amide bonds. The quantitative estimate of drug-likeness (QED) is 0.0416. The Hall–Kier alpha value is -6.08. The number of carbonyl (C=O) groups excluding carboxylic acids is 4. The Morgan fingerprint density at radius 1 is 0.677 bits per heavy atom. The minimum atomic E-state index is -0.234. The van der Waals surface area contributed by atoms with Crippen molar-refractivity contribution in [3.63, 3.8) is 0 Å². The van der Waals surface area contributed by atoms with Crippen LogP contribution in [0.15, 0.2) is 47.4 Å². The number of nitrogens with two attached hydrogens (primary N) is 1. The van der Waals surface area contributed by atoms with Crippen LogP contribution in [0, 0.1) is 0 Å². The van der Waals surface area contributed by atoms with Gasteiger partial charge in [-0.1, -0.05) is 41.5 Å². The Bertz CT molecular complexity index is 2660. The van der Waals surface area contributed by atoms with E-state index in [4.69, 9.17) is 5.73 Å². The first kappa shape index (κ1) is 49.9. The van der Waals surface area contributed by atoms with Crippen molar-refractivity contribution in [3.05, 3.63) is 81.1 Å². The van der Waals surface area contributed by atoms with Gasteiger partial charge in [0.2, 0.25) is 0 Å². The van der Waals surface area contributed by atoms with Crippen LogP contribution >= 0.6 is 22.7 Å². The number of hydrogen-bond donors (Lipinski definition) is 8. The van der Waals surface area contributed by atoms with Gasteiger partial charge in [-0.3, -0.25) is 29.1 Å². The molecule has 0 bridgehead atoms. The van der Waals surface area contributed by atoms with Crippen molar-refractivity contribution in [1.29, 1.82) is 0 Å². The van der Waals surface area contributed by atoms with E-state index < -0.39 is 0 Å². The van der Waals surface area contributed by atoms with Gasteiger partial charge in [0.25, 0.3) is 23.6 Å². The van der Waals surface area contributed by atoms with E-state index in [1.807, 2.05) is 6.07 Å². The van der Waals surface area contributed by atoms with Crippen LogP contribution in [-0.4, -0.2) is 86.0 Å². The molecule has 2 aromatic carbocycles. The maximum absolute atomic E-state index is 12.7. The summed E-state index contributed by atoms with van der Waals surface area (Å²) in [7, 11) is 1.77. The zero-order chi connectivity index (χ0) is 44.6. The first-order chi connectivity index (χ1) is 30.6. The van der Waals surface area contributed by atoms with Gasteiger partial charge >= 0.3 is 0 Å². The molecule has 8 rings (SSSR count). The molecule has 0 aliphatic heterocycles. The lowest BCUT2D eigenvalue weighted by molar-refractivity contribution is 0.0941. The molecule has 16 nitrogen and oxygen atoms in total. The van der Waals surface area contributed by atoms with Crippen molar-refractivity contribution in [2.75, 3.05) is 31.2 Å². The number of anilines is 2. The molecule has 0 atom stereocenters. The van der Waals surface area contributed by atoms with Crippen LogP contribution in [-0.2, 0) is 13.2 Å². The van der Waals surface area contributed by atoms with Crippen molar-refractivity contribution < 1.29 is 29.4 Å². The van der Waals surface area contributed by atoms with Gasteiger partial charge in [-0.15, -0.1) is 22.7 Å². The second kappa shape index (κ2) is 22.7. The Kier molecular flexibility index (Phi) is 17.4. The van der Waals surface area contributed by atoms with E-state index in [2.05, 4.69) is 60.4 Å². The normalized spacial score (nSPS) is 12.9. The van der Waals surface area contributed by atoms with Gasteiger partial charge in [-0.2, -0.15) is 0 Å². The maximum Gasteiger partial charge on any atom is 0.270 e. The average molecular weight is 925 g/mol. The summed E-state index contributed by atoms with van der Waals surface area (Å²) >= 11 is 2.66. The van der Waals surface area contributed by atoms with E-state index in [-0.39, 0.29) is 63.8 Å². The molecule has 346 valence electrons. The van der Waals surface area contributed by atoms with Crippen LogP contribution < -0.4 is 32.3 Å². The third-order valence-electron chi connectivity index (χ3n) is 10.7. The van der Waals surface area contributed by atoms with Gasteiger partial charge < -0.3 is 42.5 Å². The molecule has 18 heteroatoms.